The fraction of sp³-hybridized carbons (Fsp3) is 0.417. The Kier molecular flexibility index (Phi) is 4.27. The van der Waals surface area contributed by atoms with Gasteiger partial charge in [0.25, 0.3) is 0 Å². The molecule has 0 spiro atoms. The summed E-state index contributed by atoms with van der Waals surface area (Å²) >= 11 is 8.05. The molecule has 2 unspecified atom stereocenters. The Hall–Kier alpha value is -0.330. The average molecular weight is 365 g/mol. The number of anilines is 1. The van der Waals surface area contributed by atoms with Crippen LogP contribution in [0, 0.1) is 15.4 Å². The Morgan fingerprint density at radius 3 is 2.88 bits per heavy atom. The van der Waals surface area contributed by atoms with Crippen molar-refractivity contribution in [2.24, 2.45) is 11.8 Å². The molecule has 5 heteroatoms. The van der Waals surface area contributed by atoms with E-state index in [-0.39, 0.29) is 11.8 Å². The molecule has 1 heterocycles. The Morgan fingerprint density at radius 1 is 1.53 bits per heavy atom. The lowest BCUT2D eigenvalue weighted by molar-refractivity contribution is -0.120. The van der Waals surface area contributed by atoms with Gasteiger partial charge in [0.1, 0.15) is 0 Å². The number of nitrogens with one attached hydrogen (secondary N) is 2. The molecule has 17 heavy (non-hydrogen) atoms. The van der Waals surface area contributed by atoms with Crippen molar-refractivity contribution in [2.45, 2.75) is 6.92 Å². The summed E-state index contributed by atoms with van der Waals surface area (Å²) in [5.74, 6) is 0.532. The van der Waals surface area contributed by atoms with E-state index in [1.165, 1.54) is 0 Å². The predicted octanol–water partition coefficient (Wildman–Crippen LogP) is 2.74. The number of hydrogen-bond acceptors (Lipinski definition) is 2. The number of hydrogen-bond donors (Lipinski definition) is 2. The van der Waals surface area contributed by atoms with Crippen molar-refractivity contribution in [3.8, 4) is 0 Å². The summed E-state index contributed by atoms with van der Waals surface area (Å²) in [5, 5.41) is 6.88. The largest absolute Gasteiger partial charge is 0.325 e. The minimum Gasteiger partial charge on any atom is -0.325 e. The van der Waals surface area contributed by atoms with Crippen LogP contribution in [0.4, 0.5) is 5.69 Å². The number of carbonyl (C=O) groups is 1. The molecule has 2 rings (SSSR count). The first-order chi connectivity index (χ1) is 8.08. The van der Waals surface area contributed by atoms with E-state index in [0.29, 0.717) is 10.9 Å². The van der Waals surface area contributed by atoms with Crippen molar-refractivity contribution >= 4 is 45.8 Å². The maximum absolute atomic E-state index is 12.1. The molecule has 3 nitrogen and oxygen atoms in total. The second kappa shape index (κ2) is 5.54. The third-order valence-electron chi connectivity index (χ3n) is 3.04. The standard InChI is InChI=1S/C12H14ClIN2O/c1-7-5-15-6-9(7)12(17)16-11-3-2-8(13)4-10(11)14/h2-4,7,9,15H,5-6H2,1H3,(H,16,17). The second-order valence-corrected chi connectivity index (χ2v) is 5.95. The third kappa shape index (κ3) is 3.11. The lowest BCUT2D eigenvalue weighted by atomic mass is 9.97. The number of halogens is 2. The number of amides is 1. The van der Waals surface area contributed by atoms with Crippen LogP contribution in [0.5, 0.6) is 0 Å². The summed E-state index contributed by atoms with van der Waals surface area (Å²) in [7, 11) is 0. The van der Waals surface area contributed by atoms with E-state index in [0.717, 1.165) is 22.3 Å². The van der Waals surface area contributed by atoms with Gasteiger partial charge in [-0.05, 0) is 53.3 Å². The van der Waals surface area contributed by atoms with E-state index in [4.69, 9.17) is 11.6 Å². The van der Waals surface area contributed by atoms with Gasteiger partial charge in [0.15, 0.2) is 0 Å². The van der Waals surface area contributed by atoms with Crippen LogP contribution >= 0.6 is 34.2 Å². The van der Waals surface area contributed by atoms with Gasteiger partial charge in [-0.25, -0.2) is 0 Å². The van der Waals surface area contributed by atoms with E-state index >= 15 is 0 Å². The van der Waals surface area contributed by atoms with Gasteiger partial charge >= 0.3 is 0 Å². The van der Waals surface area contributed by atoms with Crippen LogP contribution in [-0.4, -0.2) is 19.0 Å². The summed E-state index contributed by atoms with van der Waals surface area (Å²) in [6, 6.07) is 5.47. The van der Waals surface area contributed by atoms with Crippen LogP contribution in [0.3, 0.4) is 0 Å². The SMILES string of the molecule is CC1CNCC1C(=O)Nc1ccc(Cl)cc1I. The molecule has 0 bridgehead atoms. The Morgan fingerprint density at radius 2 is 2.29 bits per heavy atom. The average Bonchev–Trinajstić information content (AvgIpc) is 2.68. The van der Waals surface area contributed by atoms with Gasteiger partial charge < -0.3 is 10.6 Å². The van der Waals surface area contributed by atoms with Crippen molar-refractivity contribution in [2.75, 3.05) is 18.4 Å². The summed E-state index contributed by atoms with van der Waals surface area (Å²) in [6.45, 7) is 3.77. The zero-order valence-electron chi connectivity index (χ0n) is 9.47. The summed E-state index contributed by atoms with van der Waals surface area (Å²) < 4.78 is 0.960. The molecule has 92 valence electrons. The molecule has 2 atom stereocenters. The van der Waals surface area contributed by atoms with E-state index in [1.54, 1.807) is 6.07 Å². The molecule has 1 aromatic carbocycles. The number of carbonyl (C=O) groups excluding carboxylic acids is 1. The van der Waals surface area contributed by atoms with Crippen LogP contribution in [0.25, 0.3) is 0 Å². The van der Waals surface area contributed by atoms with Crippen LogP contribution in [0.2, 0.25) is 5.02 Å². The van der Waals surface area contributed by atoms with Crippen molar-refractivity contribution in [1.82, 2.24) is 5.32 Å². The maximum atomic E-state index is 12.1. The molecular weight excluding hydrogens is 351 g/mol. The highest BCUT2D eigenvalue weighted by Crippen LogP contribution is 2.24. The van der Waals surface area contributed by atoms with Crippen molar-refractivity contribution < 1.29 is 4.79 Å². The Bertz CT molecular complexity index is 439. The highest BCUT2D eigenvalue weighted by Gasteiger charge is 2.29. The van der Waals surface area contributed by atoms with E-state index in [1.807, 2.05) is 12.1 Å². The molecule has 1 saturated heterocycles. The fourth-order valence-electron chi connectivity index (χ4n) is 1.98. The van der Waals surface area contributed by atoms with Crippen LogP contribution in [0.1, 0.15) is 6.92 Å². The molecule has 1 aliphatic heterocycles. The highest BCUT2D eigenvalue weighted by atomic mass is 127. The molecule has 0 aliphatic carbocycles. The van der Waals surface area contributed by atoms with E-state index in [9.17, 15) is 4.79 Å². The molecule has 0 radical (unpaired) electrons. The zero-order chi connectivity index (χ0) is 12.4. The molecule has 1 fully saturated rings. The van der Waals surface area contributed by atoms with Gasteiger partial charge in [0, 0.05) is 15.1 Å². The van der Waals surface area contributed by atoms with Gasteiger partial charge in [0.05, 0.1) is 11.6 Å². The summed E-state index contributed by atoms with van der Waals surface area (Å²) in [6.07, 6.45) is 0. The molecule has 0 saturated carbocycles. The first-order valence-corrected chi connectivity index (χ1v) is 7.00. The predicted molar refractivity (Wildman–Crippen MR) is 78.3 cm³/mol. The highest BCUT2D eigenvalue weighted by molar-refractivity contribution is 14.1. The Labute approximate surface area is 119 Å². The van der Waals surface area contributed by atoms with E-state index in [2.05, 4.69) is 40.1 Å². The van der Waals surface area contributed by atoms with Crippen LogP contribution in [0.15, 0.2) is 18.2 Å². The lowest BCUT2D eigenvalue weighted by Crippen LogP contribution is -2.28. The van der Waals surface area contributed by atoms with Gasteiger partial charge in [-0.15, -0.1) is 0 Å². The molecule has 1 amide bonds. The molecule has 0 aromatic heterocycles. The van der Waals surface area contributed by atoms with Crippen molar-refractivity contribution in [3.05, 3.63) is 26.8 Å². The van der Waals surface area contributed by atoms with Crippen molar-refractivity contribution in [3.63, 3.8) is 0 Å². The first-order valence-electron chi connectivity index (χ1n) is 5.54. The maximum Gasteiger partial charge on any atom is 0.229 e. The quantitative estimate of drug-likeness (QED) is 0.792. The number of benzene rings is 1. The second-order valence-electron chi connectivity index (χ2n) is 4.36. The van der Waals surface area contributed by atoms with Crippen LogP contribution < -0.4 is 10.6 Å². The monoisotopic (exact) mass is 364 g/mol. The smallest absolute Gasteiger partial charge is 0.229 e. The molecule has 1 aliphatic rings. The van der Waals surface area contributed by atoms with Gasteiger partial charge in [-0.3, -0.25) is 4.79 Å². The normalized spacial score (nSPS) is 23.7. The fourth-order valence-corrected chi connectivity index (χ4v) is 2.98. The van der Waals surface area contributed by atoms with Crippen LogP contribution in [-0.2, 0) is 4.79 Å². The van der Waals surface area contributed by atoms with Gasteiger partial charge in [-0.1, -0.05) is 18.5 Å². The lowest BCUT2D eigenvalue weighted by Gasteiger charge is -2.15. The summed E-state index contributed by atoms with van der Waals surface area (Å²) in [4.78, 5) is 12.1. The van der Waals surface area contributed by atoms with Gasteiger partial charge in [-0.2, -0.15) is 0 Å². The molecule has 1 aromatic rings. The topological polar surface area (TPSA) is 41.1 Å². The van der Waals surface area contributed by atoms with Crippen molar-refractivity contribution in [1.29, 1.82) is 0 Å². The zero-order valence-corrected chi connectivity index (χ0v) is 12.4. The first kappa shape index (κ1) is 13.1. The molecular formula is C12H14ClIN2O. The molecule has 2 N–H and O–H groups in total. The minimum absolute atomic E-state index is 0.0569. The minimum atomic E-state index is 0.0569. The van der Waals surface area contributed by atoms with Gasteiger partial charge in [0.2, 0.25) is 5.91 Å². The number of rotatable bonds is 2. The Balaban J connectivity index is 2.07. The van der Waals surface area contributed by atoms with E-state index < -0.39 is 0 Å². The third-order valence-corrected chi connectivity index (χ3v) is 4.17. The summed E-state index contributed by atoms with van der Waals surface area (Å²) in [5.41, 5.74) is 0.833.